The summed E-state index contributed by atoms with van der Waals surface area (Å²) in [5, 5.41) is 13.8. The first-order chi connectivity index (χ1) is 12.5. The molecule has 3 rings (SSSR count). The van der Waals surface area contributed by atoms with E-state index in [4.69, 9.17) is 0 Å². The van der Waals surface area contributed by atoms with Gasteiger partial charge in [0, 0.05) is 50.5 Å². The second-order valence-corrected chi connectivity index (χ2v) is 7.51. The molecular formula is C19H30N4O3. The van der Waals surface area contributed by atoms with Gasteiger partial charge < -0.3 is 10.0 Å². The van der Waals surface area contributed by atoms with Crippen LogP contribution in [0.2, 0.25) is 0 Å². The number of aryl methyl sites for hydroxylation is 1. The highest BCUT2D eigenvalue weighted by Gasteiger charge is 2.38. The SMILES string of the molecule is CCn1ncc(CN2CCN(C(=O)[C@@H]3CCCC[C@H]3C(=O)O)CC2)c1C. The number of piperazine rings is 1. The van der Waals surface area contributed by atoms with E-state index in [0.717, 1.165) is 39.0 Å². The average Bonchev–Trinajstić information content (AvgIpc) is 3.01. The minimum atomic E-state index is -0.815. The number of carbonyl (C=O) groups excluding carboxylic acids is 1. The summed E-state index contributed by atoms with van der Waals surface area (Å²) >= 11 is 0. The standard InChI is InChI=1S/C19H30N4O3/c1-3-23-14(2)15(12-20-23)13-21-8-10-22(11-9-21)18(24)16-6-4-5-7-17(16)19(25)26/h12,16-17H,3-11,13H2,1-2H3,(H,25,26)/t16-,17-/m1/s1. The fourth-order valence-corrected chi connectivity index (χ4v) is 4.28. The predicted octanol–water partition coefficient (Wildman–Crippen LogP) is 1.75. The Labute approximate surface area is 155 Å². The summed E-state index contributed by atoms with van der Waals surface area (Å²) in [6.45, 7) is 8.94. The zero-order valence-corrected chi connectivity index (χ0v) is 15.9. The number of aliphatic carboxylic acids is 1. The molecule has 144 valence electrons. The topological polar surface area (TPSA) is 78.7 Å². The van der Waals surface area contributed by atoms with Gasteiger partial charge in [0.2, 0.25) is 5.91 Å². The highest BCUT2D eigenvalue weighted by atomic mass is 16.4. The van der Waals surface area contributed by atoms with Crippen LogP contribution < -0.4 is 0 Å². The highest BCUT2D eigenvalue weighted by Crippen LogP contribution is 2.32. The third-order valence-corrected chi connectivity index (χ3v) is 5.98. The van der Waals surface area contributed by atoms with E-state index in [1.54, 1.807) is 0 Å². The second kappa shape index (κ2) is 8.20. The van der Waals surface area contributed by atoms with E-state index in [1.807, 2.05) is 15.8 Å². The molecule has 1 aliphatic carbocycles. The Morgan fingerprint density at radius 1 is 1.15 bits per heavy atom. The van der Waals surface area contributed by atoms with E-state index in [-0.39, 0.29) is 11.8 Å². The van der Waals surface area contributed by atoms with Crippen molar-refractivity contribution in [1.82, 2.24) is 19.6 Å². The molecule has 1 N–H and O–H groups in total. The maximum absolute atomic E-state index is 12.9. The maximum Gasteiger partial charge on any atom is 0.307 e. The lowest BCUT2D eigenvalue weighted by atomic mass is 9.78. The monoisotopic (exact) mass is 362 g/mol. The molecule has 7 heteroatoms. The summed E-state index contributed by atoms with van der Waals surface area (Å²) in [6.07, 6.45) is 5.16. The summed E-state index contributed by atoms with van der Waals surface area (Å²) in [4.78, 5) is 28.6. The van der Waals surface area contributed by atoms with Gasteiger partial charge in [-0.1, -0.05) is 12.8 Å². The van der Waals surface area contributed by atoms with Crippen molar-refractivity contribution in [3.8, 4) is 0 Å². The van der Waals surface area contributed by atoms with Gasteiger partial charge in [-0.15, -0.1) is 0 Å². The molecule has 1 aromatic heterocycles. The molecule has 0 unspecified atom stereocenters. The van der Waals surface area contributed by atoms with E-state index in [0.29, 0.717) is 25.9 Å². The van der Waals surface area contributed by atoms with Gasteiger partial charge in [0.25, 0.3) is 0 Å². The maximum atomic E-state index is 12.9. The Morgan fingerprint density at radius 3 is 2.38 bits per heavy atom. The molecule has 1 saturated heterocycles. The molecule has 0 spiro atoms. The molecule has 2 atom stereocenters. The molecule has 2 heterocycles. The normalized spacial score (nSPS) is 24.6. The smallest absolute Gasteiger partial charge is 0.307 e. The highest BCUT2D eigenvalue weighted by molar-refractivity contribution is 5.85. The Hall–Kier alpha value is -1.89. The Morgan fingerprint density at radius 2 is 1.81 bits per heavy atom. The van der Waals surface area contributed by atoms with Gasteiger partial charge in [0.1, 0.15) is 0 Å². The number of hydrogen-bond acceptors (Lipinski definition) is 4. The molecule has 26 heavy (non-hydrogen) atoms. The number of carboxylic acid groups (broad SMARTS) is 1. The van der Waals surface area contributed by atoms with Gasteiger partial charge in [-0.2, -0.15) is 5.10 Å². The van der Waals surface area contributed by atoms with Crippen LogP contribution in [0.15, 0.2) is 6.20 Å². The number of nitrogens with zero attached hydrogens (tertiary/aromatic N) is 4. The molecule has 1 saturated carbocycles. The molecule has 2 aliphatic rings. The van der Waals surface area contributed by atoms with Crippen LogP contribution in [0.4, 0.5) is 0 Å². The Balaban J connectivity index is 1.55. The van der Waals surface area contributed by atoms with Crippen molar-refractivity contribution in [2.75, 3.05) is 26.2 Å². The quantitative estimate of drug-likeness (QED) is 0.863. The van der Waals surface area contributed by atoms with Gasteiger partial charge in [0.05, 0.1) is 18.0 Å². The van der Waals surface area contributed by atoms with Gasteiger partial charge in [0.15, 0.2) is 0 Å². The molecule has 0 aromatic carbocycles. The van der Waals surface area contributed by atoms with Crippen LogP contribution in [0.5, 0.6) is 0 Å². The first kappa shape index (κ1) is 18.9. The summed E-state index contributed by atoms with van der Waals surface area (Å²) in [5.41, 5.74) is 2.45. The predicted molar refractivity (Wildman–Crippen MR) is 97.6 cm³/mol. The average molecular weight is 362 g/mol. The van der Waals surface area contributed by atoms with Crippen molar-refractivity contribution in [2.24, 2.45) is 11.8 Å². The molecule has 7 nitrogen and oxygen atoms in total. The fourth-order valence-electron chi connectivity index (χ4n) is 4.28. The van der Waals surface area contributed by atoms with Crippen LogP contribution in [0, 0.1) is 18.8 Å². The largest absolute Gasteiger partial charge is 0.481 e. The summed E-state index contributed by atoms with van der Waals surface area (Å²) in [6, 6.07) is 0. The summed E-state index contributed by atoms with van der Waals surface area (Å²) in [7, 11) is 0. The number of carbonyl (C=O) groups is 2. The van der Waals surface area contributed by atoms with E-state index < -0.39 is 11.9 Å². The van der Waals surface area contributed by atoms with E-state index >= 15 is 0 Å². The minimum absolute atomic E-state index is 0.0479. The van der Waals surface area contributed by atoms with Crippen LogP contribution in [0.3, 0.4) is 0 Å². The Kier molecular flexibility index (Phi) is 5.96. The van der Waals surface area contributed by atoms with Crippen molar-refractivity contribution in [2.45, 2.75) is 52.6 Å². The van der Waals surface area contributed by atoms with Crippen LogP contribution in [-0.4, -0.2) is 62.7 Å². The lowest BCUT2D eigenvalue weighted by Crippen LogP contribution is -2.51. The summed E-state index contributed by atoms with van der Waals surface area (Å²) < 4.78 is 2.00. The van der Waals surface area contributed by atoms with E-state index in [2.05, 4.69) is 23.8 Å². The molecule has 1 amide bonds. The zero-order chi connectivity index (χ0) is 18.7. The number of amides is 1. The van der Waals surface area contributed by atoms with Gasteiger partial charge in [-0.05, 0) is 26.7 Å². The molecular weight excluding hydrogens is 332 g/mol. The number of rotatable bonds is 5. The third-order valence-electron chi connectivity index (χ3n) is 5.98. The second-order valence-electron chi connectivity index (χ2n) is 7.51. The van der Waals surface area contributed by atoms with Crippen molar-refractivity contribution >= 4 is 11.9 Å². The van der Waals surface area contributed by atoms with Crippen molar-refractivity contribution in [3.05, 3.63) is 17.5 Å². The molecule has 2 fully saturated rings. The molecule has 0 bridgehead atoms. The molecule has 1 aliphatic heterocycles. The molecule has 0 radical (unpaired) electrons. The number of carboxylic acids is 1. The van der Waals surface area contributed by atoms with Crippen LogP contribution >= 0.6 is 0 Å². The first-order valence-electron chi connectivity index (χ1n) is 9.76. The van der Waals surface area contributed by atoms with Crippen LogP contribution in [0.25, 0.3) is 0 Å². The zero-order valence-electron chi connectivity index (χ0n) is 15.9. The minimum Gasteiger partial charge on any atom is -0.481 e. The lowest BCUT2D eigenvalue weighted by molar-refractivity contribution is -0.153. The number of aromatic nitrogens is 2. The van der Waals surface area contributed by atoms with Crippen molar-refractivity contribution in [1.29, 1.82) is 0 Å². The lowest BCUT2D eigenvalue weighted by Gasteiger charge is -2.38. The van der Waals surface area contributed by atoms with Crippen molar-refractivity contribution in [3.63, 3.8) is 0 Å². The van der Waals surface area contributed by atoms with Gasteiger partial charge in [-0.25, -0.2) is 0 Å². The molecule has 1 aromatic rings. The van der Waals surface area contributed by atoms with Crippen LogP contribution in [0.1, 0.15) is 43.9 Å². The van der Waals surface area contributed by atoms with Crippen LogP contribution in [-0.2, 0) is 22.7 Å². The first-order valence-corrected chi connectivity index (χ1v) is 9.76. The third kappa shape index (κ3) is 3.92. The number of hydrogen-bond donors (Lipinski definition) is 1. The fraction of sp³-hybridized carbons (Fsp3) is 0.737. The van der Waals surface area contributed by atoms with Gasteiger partial charge >= 0.3 is 5.97 Å². The summed E-state index contributed by atoms with van der Waals surface area (Å²) in [5.74, 6) is -1.61. The van der Waals surface area contributed by atoms with Gasteiger partial charge in [-0.3, -0.25) is 19.2 Å². The van der Waals surface area contributed by atoms with Crippen molar-refractivity contribution < 1.29 is 14.7 Å². The van der Waals surface area contributed by atoms with E-state index in [1.165, 1.54) is 11.3 Å². The Bertz CT molecular complexity index is 649. The van der Waals surface area contributed by atoms with E-state index in [9.17, 15) is 14.7 Å².